The molecule has 2 saturated heterocycles. The fourth-order valence-electron chi connectivity index (χ4n) is 2.93. The molecule has 2 unspecified atom stereocenters. The summed E-state index contributed by atoms with van der Waals surface area (Å²) in [7, 11) is 2.14. The molecule has 2 rings (SSSR count). The summed E-state index contributed by atoms with van der Waals surface area (Å²) in [6.07, 6.45) is 4.66. The van der Waals surface area contributed by atoms with Crippen molar-refractivity contribution in [3.63, 3.8) is 0 Å². The molecular formula is C13H25NO2S. The van der Waals surface area contributed by atoms with Gasteiger partial charge in [0.25, 0.3) is 0 Å². The quantitative estimate of drug-likeness (QED) is 0.837. The molecule has 2 aliphatic rings. The van der Waals surface area contributed by atoms with Gasteiger partial charge in [-0.2, -0.15) is 11.8 Å². The number of nitrogens with zero attached hydrogens (tertiary/aromatic N) is 1. The highest BCUT2D eigenvalue weighted by Gasteiger charge is 2.40. The third kappa shape index (κ3) is 3.16. The molecular weight excluding hydrogens is 234 g/mol. The van der Waals surface area contributed by atoms with Gasteiger partial charge in [0, 0.05) is 18.7 Å². The number of rotatable bonds is 3. The van der Waals surface area contributed by atoms with Crippen molar-refractivity contribution in [3.05, 3.63) is 0 Å². The molecule has 0 radical (unpaired) electrons. The summed E-state index contributed by atoms with van der Waals surface area (Å²) in [5, 5.41) is 9.26. The zero-order valence-corrected chi connectivity index (χ0v) is 11.8. The van der Waals surface area contributed by atoms with E-state index >= 15 is 0 Å². The van der Waals surface area contributed by atoms with E-state index in [1.807, 2.05) is 11.8 Å². The lowest BCUT2D eigenvalue weighted by Crippen LogP contribution is -2.51. The maximum Gasteiger partial charge on any atom is 0.0713 e. The molecule has 0 aromatic heterocycles. The maximum absolute atomic E-state index is 9.26. The smallest absolute Gasteiger partial charge is 0.0713 e. The fraction of sp³-hybridized carbons (Fsp3) is 1.00. The van der Waals surface area contributed by atoms with Crippen molar-refractivity contribution >= 4 is 11.8 Å². The van der Waals surface area contributed by atoms with Gasteiger partial charge in [0.2, 0.25) is 0 Å². The second-order valence-electron chi connectivity index (χ2n) is 5.49. The zero-order valence-electron chi connectivity index (χ0n) is 11.0. The summed E-state index contributed by atoms with van der Waals surface area (Å²) < 4.78 is 6.10. The first kappa shape index (κ1) is 13.7. The number of aliphatic hydroxyl groups is 1. The first-order chi connectivity index (χ1) is 8.17. The molecule has 1 N–H and O–H groups in total. The van der Waals surface area contributed by atoms with E-state index in [4.69, 9.17) is 4.74 Å². The van der Waals surface area contributed by atoms with Crippen molar-refractivity contribution in [2.45, 2.75) is 50.3 Å². The SMILES string of the molecule is CC(CO)N(C)C1CCOC2(CCSCC2)C1. The predicted octanol–water partition coefficient (Wildman–Crippen LogP) is 1.74. The van der Waals surface area contributed by atoms with Gasteiger partial charge in [0.15, 0.2) is 0 Å². The van der Waals surface area contributed by atoms with E-state index in [1.165, 1.54) is 24.3 Å². The molecule has 0 aromatic rings. The number of ether oxygens (including phenoxy) is 1. The van der Waals surface area contributed by atoms with Crippen LogP contribution >= 0.6 is 11.8 Å². The first-order valence-electron chi connectivity index (χ1n) is 6.71. The van der Waals surface area contributed by atoms with E-state index in [0.29, 0.717) is 6.04 Å². The Balaban J connectivity index is 1.96. The molecule has 17 heavy (non-hydrogen) atoms. The Morgan fingerprint density at radius 2 is 2.18 bits per heavy atom. The van der Waals surface area contributed by atoms with Gasteiger partial charge in [0.05, 0.1) is 12.2 Å². The number of aliphatic hydroxyl groups excluding tert-OH is 1. The number of hydrogen-bond acceptors (Lipinski definition) is 4. The Morgan fingerprint density at radius 1 is 1.47 bits per heavy atom. The van der Waals surface area contributed by atoms with E-state index < -0.39 is 0 Å². The molecule has 3 nitrogen and oxygen atoms in total. The summed E-state index contributed by atoms with van der Waals surface area (Å²) in [6, 6.07) is 0.835. The van der Waals surface area contributed by atoms with Gasteiger partial charge < -0.3 is 9.84 Å². The Morgan fingerprint density at radius 3 is 2.82 bits per heavy atom. The maximum atomic E-state index is 9.26. The molecule has 100 valence electrons. The average Bonchev–Trinajstić information content (AvgIpc) is 2.38. The van der Waals surface area contributed by atoms with Crippen LogP contribution in [0, 0.1) is 0 Å². The highest BCUT2D eigenvalue weighted by Crippen LogP contribution is 2.38. The van der Waals surface area contributed by atoms with Gasteiger partial charge >= 0.3 is 0 Å². The van der Waals surface area contributed by atoms with Crippen molar-refractivity contribution in [1.29, 1.82) is 0 Å². The minimum absolute atomic E-state index is 0.150. The van der Waals surface area contributed by atoms with E-state index in [9.17, 15) is 5.11 Å². The van der Waals surface area contributed by atoms with Crippen molar-refractivity contribution in [2.24, 2.45) is 0 Å². The van der Waals surface area contributed by atoms with E-state index in [0.717, 1.165) is 19.4 Å². The lowest BCUT2D eigenvalue weighted by Gasteiger charge is -2.46. The largest absolute Gasteiger partial charge is 0.395 e. The van der Waals surface area contributed by atoms with Crippen LogP contribution in [0.25, 0.3) is 0 Å². The fourth-order valence-corrected chi connectivity index (χ4v) is 4.17. The Labute approximate surface area is 109 Å². The third-order valence-corrected chi connectivity index (χ3v) is 5.39. The van der Waals surface area contributed by atoms with Crippen LogP contribution in [0.4, 0.5) is 0 Å². The molecule has 1 spiro atoms. The van der Waals surface area contributed by atoms with Crippen LogP contribution in [-0.2, 0) is 4.74 Å². The van der Waals surface area contributed by atoms with Crippen molar-refractivity contribution < 1.29 is 9.84 Å². The lowest BCUT2D eigenvalue weighted by molar-refractivity contribution is -0.112. The summed E-state index contributed by atoms with van der Waals surface area (Å²) in [5.41, 5.74) is 0.150. The number of hydrogen-bond donors (Lipinski definition) is 1. The average molecular weight is 259 g/mol. The Kier molecular flexibility index (Phi) is 4.75. The zero-order chi connectivity index (χ0) is 12.3. The van der Waals surface area contributed by atoms with Gasteiger partial charge in [-0.05, 0) is 51.2 Å². The first-order valence-corrected chi connectivity index (χ1v) is 7.87. The minimum atomic E-state index is 0.150. The predicted molar refractivity (Wildman–Crippen MR) is 72.6 cm³/mol. The van der Waals surface area contributed by atoms with Crippen molar-refractivity contribution in [2.75, 3.05) is 31.8 Å². The van der Waals surface area contributed by atoms with Crippen molar-refractivity contribution in [1.82, 2.24) is 4.90 Å². The van der Waals surface area contributed by atoms with Crippen LogP contribution in [0.3, 0.4) is 0 Å². The van der Waals surface area contributed by atoms with Gasteiger partial charge in [-0.15, -0.1) is 0 Å². The van der Waals surface area contributed by atoms with Gasteiger partial charge in [-0.1, -0.05) is 0 Å². The van der Waals surface area contributed by atoms with Crippen molar-refractivity contribution in [3.8, 4) is 0 Å². The van der Waals surface area contributed by atoms with E-state index in [-0.39, 0.29) is 18.2 Å². The van der Waals surface area contributed by atoms with Gasteiger partial charge in [-0.3, -0.25) is 4.90 Å². The Bertz CT molecular complexity index is 238. The van der Waals surface area contributed by atoms with Gasteiger partial charge in [-0.25, -0.2) is 0 Å². The second kappa shape index (κ2) is 5.91. The summed E-state index contributed by atoms with van der Waals surface area (Å²) in [5.74, 6) is 2.48. The van der Waals surface area contributed by atoms with E-state index in [1.54, 1.807) is 0 Å². The minimum Gasteiger partial charge on any atom is -0.395 e. The second-order valence-corrected chi connectivity index (χ2v) is 6.71. The van der Waals surface area contributed by atoms with Crippen LogP contribution < -0.4 is 0 Å². The number of thioether (sulfide) groups is 1. The monoisotopic (exact) mass is 259 g/mol. The molecule has 2 aliphatic heterocycles. The molecule has 2 heterocycles. The summed E-state index contributed by atoms with van der Waals surface area (Å²) >= 11 is 2.05. The molecule has 4 heteroatoms. The normalized spacial score (nSPS) is 30.7. The summed E-state index contributed by atoms with van der Waals surface area (Å²) in [6.45, 7) is 3.23. The Hall–Kier alpha value is 0.230. The van der Waals surface area contributed by atoms with Crippen LogP contribution in [0.2, 0.25) is 0 Å². The molecule has 2 fully saturated rings. The van der Waals surface area contributed by atoms with E-state index in [2.05, 4.69) is 18.9 Å². The highest BCUT2D eigenvalue weighted by atomic mass is 32.2. The standard InChI is InChI=1S/C13H25NO2S/c1-11(10-15)14(2)12-3-6-16-13(9-12)4-7-17-8-5-13/h11-12,15H,3-10H2,1-2H3. The molecule has 0 aromatic carbocycles. The van der Waals surface area contributed by atoms with Crippen LogP contribution in [0.5, 0.6) is 0 Å². The number of likely N-dealkylation sites (N-methyl/N-ethyl adjacent to an activating group) is 1. The summed E-state index contributed by atoms with van der Waals surface area (Å²) in [4.78, 5) is 2.34. The highest BCUT2D eigenvalue weighted by molar-refractivity contribution is 7.99. The lowest BCUT2D eigenvalue weighted by atomic mass is 9.84. The van der Waals surface area contributed by atoms with Gasteiger partial charge in [0.1, 0.15) is 0 Å². The third-order valence-electron chi connectivity index (χ3n) is 4.41. The molecule has 0 bridgehead atoms. The van der Waals surface area contributed by atoms with Crippen LogP contribution in [0.1, 0.15) is 32.6 Å². The van der Waals surface area contributed by atoms with Crippen LogP contribution in [-0.4, -0.2) is 59.5 Å². The van der Waals surface area contributed by atoms with Crippen LogP contribution in [0.15, 0.2) is 0 Å². The molecule has 0 saturated carbocycles. The molecule has 2 atom stereocenters. The molecule has 0 amide bonds. The topological polar surface area (TPSA) is 32.7 Å². The molecule has 0 aliphatic carbocycles.